The summed E-state index contributed by atoms with van der Waals surface area (Å²) in [5, 5.41) is 2.86. The smallest absolute Gasteiger partial charge is 0.387 e. The molecule has 0 aliphatic carbocycles. The molecule has 2 aromatic rings. The Labute approximate surface area is 185 Å². The lowest BCUT2D eigenvalue weighted by molar-refractivity contribution is -0.116. The van der Waals surface area contributed by atoms with Crippen LogP contribution < -0.4 is 19.7 Å². The molecule has 1 fully saturated rings. The van der Waals surface area contributed by atoms with Crippen LogP contribution in [0.15, 0.2) is 42.7 Å². The van der Waals surface area contributed by atoms with E-state index in [4.69, 9.17) is 4.74 Å². The van der Waals surface area contributed by atoms with Crippen molar-refractivity contribution in [2.75, 3.05) is 50.8 Å². The second kappa shape index (κ2) is 11.9. The molecule has 0 unspecified atom stereocenters. The summed E-state index contributed by atoms with van der Waals surface area (Å²) >= 11 is 0. The number of nitrogens with zero attached hydrogens (tertiary/aromatic N) is 4. The minimum Gasteiger partial charge on any atom is -0.490 e. The molecule has 172 valence electrons. The zero-order valence-electron chi connectivity index (χ0n) is 17.9. The molecule has 0 bridgehead atoms. The van der Waals surface area contributed by atoms with Gasteiger partial charge in [0.25, 0.3) is 0 Å². The van der Waals surface area contributed by atoms with Gasteiger partial charge in [-0.3, -0.25) is 9.69 Å². The third kappa shape index (κ3) is 7.16. The molecule has 3 rings (SSSR count). The van der Waals surface area contributed by atoms with Crippen LogP contribution in [0.1, 0.15) is 12.5 Å². The van der Waals surface area contributed by atoms with Gasteiger partial charge in [0.2, 0.25) is 11.9 Å². The van der Waals surface area contributed by atoms with Gasteiger partial charge in [-0.2, -0.15) is 8.78 Å². The first-order valence-electron chi connectivity index (χ1n) is 10.5. The fourth-order valence-electron chi connectivity index (χ4n) is 3.28. The van der Waals surface area contributed by atoms with Crippen LogP contribution in [0, 0.1) is 0 Å². The van der Waals surface area contributed by atoms with Crippen molar-refractivity contribution in [2.24, 2.45) is 0 Å². The number of ether oxygens (including phenoxy) is 2. The zero-order chi connectivity index (χ0) is 22.8. The summed E-state index contributed by atoms with van der Waals surface area (Å²) in [7, 11) is 0. The zero-order valence-corrected chi connectivity index (χ0v) is 17.9. The Hall–Kier alpha value is -3.27. The Bertz CT molecular complexity index is 890. The third-order valence-electron chi connectivity index (χ3n) is 4.85. The van der Waals surface area contributed by atoms with Gasteiger partial charge in [-0.15, -0.1) is 0 Å². The number of nitrogens with one attached hydrogen (secondary N) is 1. The predicted octanol–water partition coefficient (Wildman–Crippen LogP) is 2.43. The first-order chi connectivity index (χ1) is 15.5. The van der Waals surface area contributed by atoms with Crippen molar-refractivity contribution in [3.63, 3.8) is 0 Å². The average molecular weight is 447 g/mol. The van der Waals surface area contributed by atoms with E-state index >= 15 is 0 Å². The number of carbonyl (C=O) groups excluding carboxylic acids is 1. The van der Waals surface area contributed by atoms with Crippen LogP contribution in [0.3, 0.4) is 0 Å². The summed E-state index contributed by atoms with van der Waals surface area (Å²) in [6.45, 7) is 3.81. The van der Waals surface area contributed by atoms with Crippen LogP contribution in [-0.2, 0) is 4.79 Å². The van der Waals surface area contributed by atoms with Gasteiger partial charge in [0.1, 0.15) is 0 Å². The second-order valence-electron chi connectivity index (χ2n) is 7.02. The number of anilines is 1. The fourth-order valence-corrected chi connectivity index (χ4v) is 3.28. The highest BCUT2D eigenvalue weighted by atomic mass is 19.3. The minimum atomic E-state index is -2.93. The van der Waals surface area contributed by atoms with E-state index in [0.717, 1.165) is 38.7 Å². The van der Waals surface area contributed by atoms with E-state index in [2.05, 4.69) is 29.8 Å². The molecule has 1 aromatic carbocycles. The molecular weight excluding hydrogens is 420 g/mol. The molecule has 0 radical (unpaired) electrons. The molecule has 1 N–H and O–H groups in total. The number of carbonyl (C=O) groups is 1. The quantitative estimate of drug-likeness (QED) is 0.561. The highest BCUT2D eigenvalue weighted by Gasteiger charge is 2.18. The van der Waals surface area contributed by atoms with E-state index in [9.17, 15) is 13.6 Å². The van der Waals surface area contributed by atoms with E-state index in [1.54, 1.807) is 43.6 Å². The van der Waals surface area contributed by atoms with Gasteiger partial charge in [0.15, 0.2) is 11.5 Å². The Morgan fingerprint density at radius 2 is 1.94 bits per heavy atom. The Kier molecular flexibility index (Phi) is 8.73. The molecular formula is C22H27F2N5O3. The lowest BCUT2D eigenvalue weighted by Crippen LogP contribution is -2.48. The lowest BCUT2D eigenvalue weighted by atomic mass is 10.2. The molecule has 1 saturated heterocycles. The summed E-state index contributed by atoms with van der Waals surface area (Å²) in [4.78, 5) is 25.1. The molecule has 0 spiro atoms. The number of alkyl halides is 2. The summed E-state index contributed by atoms with van der Waals surface area (Å²) in [6, 6.07) is 6.33. The third-order valence-corrected chi connectivity index (χ3v) is 4.85. The number of benzene rings is 1. The van der Waals surface area contributed by atoms with Gasteiger partial charge in [-0.05, 0) is 36.8 Å². The molecule has 1 aromatic heterocycles. The van der Waals surface area contributed by atoms with Gasteiger partial charge in [0.05, 0.1) is 6.61 Å². The van der Waals surface area contributed by atoms with Gasteiger partial charge < -0.3 is 19.7 Å². The number of amides is 1. The highest BCUT2D eigenvalue weighted by Crippen LogP contribution is 2.30. The predicted molar refractivity (Wildman–Crippen MR) is 117 cm³/mol. The van der Waals surface area contributed by atoms with E-state index in [0.29, 0.717) is 18.7 Å². The van der Waals surface area contributed by atoms with Gasteiger partial charge in [-0.1, -0.05) is 6.07 Å². The van der Waals surface area contributed by atoms with Gasteiger partial charge in [-0.25, -0.2) is 9.97 Å². The monoisotopic (exact) mass is 447 g/mol. The van der Waals surface area contributed by atoms with Crippen molar-refractivity contribution in [1.82, 2.24) is 20.2 Å². The van der Waals surface area contributed by atoms with Crippen LogP contribution in [-0.4, -0.2) is 73.3 Å². The summed E-state index contributed by atoms with van der Waals surface area (Å²) < 4.78 is 34.8. The Balaban J connectivity index is 1.41. The maximum Gasteiger partial charge on any atom is 0.387 e. The molecule has 0 atom stereocenters. The lowest BCUT2D eigenvalue weighted by Gasteiger charge is -2.34. The minimum absolute atomic E-state index is 0.0395. The van der Waals surface area contributed by atoms with Crippen molar-refractivity contribution < 1.29 is 23.0 Å². The standard InChI is InChI=1S/C22H27F2N5O3/c1-2-31-19-16-17(4-6-18(19)32-21(23)24)5-7-20(30)25-10-11-28-12-14-29(15-13-28)22-26-8-3-9-27-22/h3-9,16,21H,2,10-15H2,1H3,(H,25,30)/b7-5+. The summed E-state index contributed by atoms with van der Waals surface area (Å²) in [6.07, 6.45) is 6.48. The maximum atomic E-state index is 12.5. The number of rotatable bonds is 10. The molecule has 1 aliphatic rings. The van der Waals surface area contributed by atoms with Gasteiger partial charge >= 0.3 is 6.61 Å². The normalized spacial score (nSPS) is 14.7. The van der Waals surface area contributed by atoms with Crippen molar-refractivity contribution in [2.45, 2.75) is 13.5 Å². The van der Waals surface area contributed by atoms with Crippen molar-refractivity contribution in [3.05, 3.63) is 48.3 Å². The van der Waals surface area contributed by atoms with Crippen LogP contribution in [0.5, 0.6) is 11.5 Å². The van der Waals surface area contributed by atoms with Crippen LogP contribution in [0.25, 0.3) is 6.08 Å². The second-order valence-corrected chi connectivity index (χ2v) is 7.02. The number of hydrogen-bond donors (Lipinski definition) is 1. The maximum absolute atomic E-state index is 12.5. The SMILES string of the molecule is CCOc1cc(/C=C/C(=O)NCCN2CCN(c3ncccn3)CC2)ccc1OC(F)F. The Morgan fingerprint density at radius 1 is 1.19 bits per heavy atom. The number of halogens is 2. The molecule has 32 heavy (non-hydrogen) atoms. The van der Waals surface area contributed by atoms with E-state index in [1.807, 2.05) is 0 Å². The highest BCUT2D eigenvalue weighted by molar-refractivity contribution is 5.91. The number of aromatic nitrogens is 2. The first-order valence-corrected chi connectivity index (χ1v) is 10.5. The molecule has 10 heteroatoms. The van der Waals surface area contributed by atoms with E-state index in [-0.39, 0.29) is 17.4 Å². The van der Waals surface area contributed by atoms with Crippen LogP contribution >= 0.6 is 0 Å². The fraction of sp³-hybridized carbons (Fsp3) is 0.409. The number of piperazine rings is 1. The summed E-state index contributed by atoms with van der Waals surface area (Å²) in [5.41, 5.74) is 0.643. The van der Waals surface area contributed by atoms with Crippen LogP contribution in [0.4, 0.5) is 14.7 Å². The van der Waals surface area contributed by atoms with E-state index < -0.39 is 6.61 Å². The van der Waals surface area contributed by atoms with Crippen molar-refractivity contribution >= 4 is 17.9 Å². The van der Waals surface area contributed by atoms with Gasteiger partial charge in [0, 0.05) is 57.7 Å². The molecule has 1 amide bonds. The van der Waals surface area contributed by atoms with Crippen LogP contribution in [0.2, 0.25) is 0 Å². The van der Waals surface area contributed by atoms with Crippen molar-refractivity contribution in [1.29, 1.82) is 0 Å². The summed E-state index contributed by atoms with van der Waals surface area (Å²) in [5.74, 6) is 0.678. The van der Waals surface area contributed by atoms with Crippen molar-refractivity contribution in [3.8, 4) is 11.5 Å². The Morgan fingerprint density at radius 3 is 2.62 bits per heavy atom. The topological polar surface area (TPSA) is 79.8 Å². The average Bonchev–Trinajstić information content (AvgIpc) is 2.80. The molecule has 1 aliphatic heterocycles. The van der Waals surface area contributed by atoms with E-state index in [1.165, 1.54) is 12.1 Å². The number of hydrogen-bond acceptors (Lipinski definition) is 7. The first kappa shape index (κ1) is 23.4. The molecule has 8 nitrogen and oxygen atoms in total. The molecule has 2 heterocycles. The largest absolute Gasteiger partial charge is 0.490 e. The molecule has 0 saturated carbocycles.